The van der Waals surface area contributed by atoms with Crippen LogP contribution in [0.3, 0.4) is 0 Å². The van der Waals surface area contributed by atoms with Gasteiger partial charge in [-0.15, -0.1) is 0 Å². The van der Waals surface area contributed by atoms with Crippen molar-refractivity contribution >= 4 is 17.4 Å². The molecule has 0 fully saturated rings. The number of fused-ring (bicyclic) bond motifs is 1. The lowest BCUT2D eigenvalue weighted by Gasteiger charge is -2.08. The molecule has 2 heterocycles. The number of nitrogens with zero attached hydrogens (tertiary/aromatic N) is 1. The number of Topliss-reactive ketones (excluding diaryl/α,β-unsaturated/α-hetero) is 1. The molecule has 0 spiro atoms. The highest BCUT2D eigenvalue weighted by atomic mass is 16.2. The van der Waals surface area contributed by atoms with E-state index >= 15 is 0 Å². The van der Waals surface area contributed by atoms with E-state index in [2.05, 4.69) is 5.32 Å². The van der Waals surface area contributed by atoms with Crippen LogP contribution in [-0.4, -0.2) is 16.3 Å². The molecule has 3 rings (SSSR count). The zero-order valence-corrected chi connectivity index (χ0v) is 10.4. The van der Waals surface area contributed by atoms with Gasteiger partial charge in [-0.3, -0.25) is 9.59 Å². The zero-order valence-electron chi connectivity index (χ0n) is 10.4. The molecule has 1 aliphatic rings. The Labute approximate surface area is 111 Å². The first-order valence-electron chi connectivity index (χ1n) is 6.28. The lowest BCUT2D eigenvalue weighted by atomic mass is 10.0. The van der Waals surface area contributed by atoms with Gasteiger partial charge in [-0.05, 0) is 24.3 Å². The third kappa shape index (κ3) is 2.29. The molecule has 0 radical (unpaired) electrons. The van der Waals surface area contributed by atoms with Crippen LogP contribution >= 0.6 is 0 Å². The van der Waals surface area contributed by atoms with E-state index in [1.165, 1.54) is 0 Å². The molecule has 4 heteroatoms. The Kier molecular flexibility index (Phi) is 2.91. The standard InChI is InChI=1S/C15H14N2O2/c18-14(16-12-5-2-1-3-6-12)9-11-10-17-8-4-7-13(17)15(11)19/h1-8,11H,9-10H2,(H,16,18). The van der Waals surface area contributed by atoms with Crippen molar-refractivity contribution in [2.45, 2.75) is 13.0 Å². The fourth-order valence-electron chi connectivity index (χ4n) is 2.44. The maximum atomic E-state index is 12.0. The third-order valence-corrected chi connectivity index (χ3v) is 3.36. The predicted octanol–water partition coefficient (Wildman–Crippen LogP) is 2.33. The Morgan fingerprint density at radius 1 is 1.21 bits per heavy atom. The van der Waals surface area contributed by atoms with Crippen molar-refractivity contribution in [1.82, 2.24) is 4.57 Å². The van der Waals surface area contributed by atoms with Crippen molar-refractivity contribution in [1.29, 1.82) is 0 Å². The number of ketones is 1. The summed E-state index contributed by atoms with van der Waals surface area (Å²) in [5.74, 6) is -0.288. The van der Waals surface area contributed by atoms with Gasteiger partial charge in [0, 0.05) is 24.8 Å². The lowest BCUT2D eigenvalue weighted by Crippen LogP contribution is -2.20. The second kappa shape index (κ2) is 4.72. The van der Waals surface area contributed by atoms with E-state index in [4.69, 9.17) is 0 Å². The number of carbonyl (C=O) groups excluding carboxylic acids is 2. The molecule has 0 saturated heterocycles. The number of nitrogens with one attached hydrogen (secondary N) is 1. The molecular weight excluding hydrogens is 240 g/mol. The van der Waals surface area contributed by atoms with Crippen LogP contribution in [0.25, 0.3) is 0 Å². The van der Waals surface area contributed by atoms with Gasteiger partial charge in [-0.25, -0.2) is 0 Å². The van der Waals surface area contributed by atoms with Gasteiger partial charge in [0.25, 0.3) is 0 Å². The smallest absolute Gasteiger partial charge is 0.225 e. The number of carbonyl (C=O) groups is 2. The van der Waals surface area contributed by atoms with Gasteiger partial charge in [-0.2, -0.15) is 0 Å². The molecular formula is C15H14N2O2. The number of rotatable bonds is 3. The number of amides is 1. The van der Waals surface area contributed by atoms with Gasteiger partial charge in [0.15, 0.2) is 5.78 Å². The summed E-state index contributed by atoms with van der Waals surface area (Å²) in [4.78, 5) is 24.0. The number of hydrogen-bond acceptors (Lipinski definition) is 2. The van der Waals surface area contributed by atoms with Crippen molar-refractivity contribution in [2.75, 3.05) is 5.32 Å². The number of benzene rings is 1. The van der Waals surface area contributed by atoms with Crippen molar-refractivity contribution in [3.63, 3.8) is 0 Å². The minimum absolute atomic E-state index is 0.0632. The first kappa shape index (κ1) is 11.7. The van der Waals surface area contributed by atoms with E-state index in [1.54, 1.807) is 6.07 Å². The van der Waals surface area contributed by atoms with Gasteiger partial charge < -0.3 is 9.88 Å². The van der Waals surface area contributed by atoms with Crippen LogP contribution in [0.15, 0.2) is 48.7 Å². The van der Waals surface area contributed by atoms with Crippen molar-refractivity contribution in [3.8, 4) is 0 Å². The predicted molar refractivity (Wildman–Crippen MR) is 71.9 cm³/mol. The van der Waals surface area contributed by atoms with Gasteiger partial charge >= 0.3 is 0 Å². The average Bonchev–Trinajstić information content (AvgIpc) is 2.96. The minimum atomic E-state index is -0.236. The Bertz CT molecular complexity index is 616. The first-order valence-corrected chi connectivity index (χ1v) is 6.28. The fraction of sp³-hybridized carbons (Fsp3) is 0.200. The van der Waals surface area contributed by atoms with Crippen LogP contribution in [0.5, 0.6) is 0 Å². The monoisotopic (exact) mass is 254 g/mol. The van der Waals surface area contributed by atoms with Crippen molar-refractivity contribution in [3.05, 3.63) is 54.4 Å². The van der Waals surface area contributed by atoms with Gasteiger partial charge in [0.1, 0.15) is 0 Å². The molecule has 1 aliphatic heterocycles. The fourth-order valence-corrected chi connectivity index (χ4v) is 2.44. The molecule has 1 amide bonds. The first-order chi connectivity index (χ1) is 9.24. The molecule has 1 atom stereocenters. The van der Waals surface area contributed by atoms with E-state index in [0.29, 0.717) is 12.2 Å². The number of aromatic nitrogens is 1. The summed E-state index contributed by atoms with van der Waals surface area (Å²) in [6.07, 6.45) is 2.11. The highest BCUT2D eigenvalue weighted by Crippen LogP contribution is 2.24. The normalized spacial score (nSPS) is 17.3. The molecule has 0 saturated carbocycles. The summed E-state index contributed by atoms with van der Waals surface area (Å²) in [6.45, 7) is 0.601. The summed E-state index contributed by atoms with van der Waals surface area (Å²) >= 11 is 0. The van der Waals surface area contributed by atoms with Gasteiger partial charge in [0.2, 0.25) is 5.91 Å². The van der Waals surface area contributed by atoms with E-state index in [0.717, 1.165) is 5.69 Å². The summed E-state index contributed by atoms with van der Waals surface area (Å²) in [7, 11) is 0. The largest absolute Gasteiger partial charge is 0.344 e. The summed E-state index contributed by atoms with van der Waals surface area (Å²) in [5.41, 5.74) is 1.47. The Balaban J connectivity index is 1.63. The zero-order chi connectivity index (χ0) is 13.2. The molecule has 1 N–H and O–H groups in total. The van der Waals surface area contributed by atoms with E-state index in [1.807, 2.05) is 47.2 Å². The summed E-state index contributed by atoms with van der Waals surface area (Å²) in [5, 5.41) is 2.81. The molecule has 1 aromatic heterocycles. The van der Waals surface area contributed by atoms with Gasteiger partial charge in [0.05, 0.1) is 11.6 Å². The molecule has 4 nitrogen and oxygen atoms in total. The highest BCUT2D eigenvalue weighted by Gasteiger charge is 2.31. The van der Waals surface area contributed by atoms with Crippen molar-refractivity contribution < 1.29 is 9.59 Å². The maximum Gasteiger partial charge on any atom is 0.225 e. The van der Waals surface area contributed by atoms with Crippen molar-refractivity contribution in [2.24, 2.45) is 5.92 Å². The summed E-state index contributed by atoms with van der Waals surface area (Å²) < 4.78 is 1.91. The molecule has 0 bridgehead atoms. The quantitative estimate of drug-likeness (QED) is 0.914. The molecule has 19 heavy (non-hydrogen) atoms. The van der Waals surface area contributed by atoms with Crippen LogP contribution in [0.4, 0.5) is 5.69 Å². The Morgan fingerprint density at radius 3 is 2.74 bits per heavy atom. The van der Waals surface area contributed by atoms with Crippen LogP contribution in [0.2, 0.25) is 0 Å². The third-order valence-electron chi connectivity index (χ3n) is 3.36. The molecule has 0 aliphatic carbocycles. The Hall–Kier alpha value is -2.36. The van der Waals surface area contributed by atoms with E-state index in [-0.39, 0.29) is 24.0 Å². The molecule has 96 valence electrons. The maximum absolute atomic E-state index is 12.0. The Morgan fingerprint density at radius 2 is 2.00 bits per heavy atom. The molecule has 1 unspecified atom stereocenters. The van der Waals surface area contributed by atoms with E-state index < -0.39 is 0 Å². The highest BCUT2D eigenvalue weighted by molar-refractivity contribution is 6.02. The van der Waals surface area contributed by atoms with Crippen LogP contribution in [0.1, 0.15) is 16.9 Å². The van der Waals surface area contributed by atoms with E-state index in [9.17, 15) is 9.59 Å². The van der Waals surface area contributed by atoms with Crippen LogP contribution in [0, 0.1) is 5.92 Å². The second-order valence-corrected chi connectivity index (χ2v) is 4.73. The molecule has 2 aromatic rings. The average molecular weight is 254 g/mol. The second-order valence-electron chi connectivity index (χ2n) is 4.73. The van der Waals surface area contributed by atoms with Crippen LogP contribution in [-0.2, 0) is 11.3 Å². The SMILES string of the molecule is O=C(CC1Cn2cccc2C1=O)Nc1ccccc1. The number of anilines is 1. The summed E-state index contributed by atoms with van der Waals surface area (Å²) in [6, 6.07) is 12.9. The number of hydrogen-bond donors (Lipinski definition) is 1. The number of para-hydroxylation sites is 1. The molecule has 1 aromatic carbocycles. The topological polar surface area (TPSA) is 51.1 Å². The van der Waals surface area contributed by atoms with Gasteiger partial charge in [-0.1, -0.05) is 18.2 Å². The van der Waals surface area contributed by atoms with Crippen LogP contribution < -0.4 is 5.32 Å². The minimum Gasteiger partial charge on any atom is -0.344 e. The lowest BCUT2D eigenvalue weighted by molar-refractivity contribution is -0.116.